The third-order valence-electron chi connectivity index (χ3n) is 4.76. The first-order valence-corrected chi connectivity index (χ1v) is 10.6. The number of thiophene rings is 1. The smallest absolute Gasteiger partial charge is 0.267 e. The number of thioether (sulfide) groups is 1. The molecule has 0 saturated heterocycles. The van der Waals surface area contributed by atoms with E-state index in [-0.39, 0.29) is 5.56 Å². The lowest BCUT2D eigenvalue weighted by Gasteiger charge is -2.17. The molecule has 132 valence electrons. The summed E-state index contributed by atoms with van der Waals surface area (Å²) in [5, 5.41) is 10.3. The predicted octanol–water partition coefficient (Wildman–Crippen LogP) is 4.58. The van der Waals surface area contributed by atoms with Gasteiger partial charge in [0.1, 0.15) is 4.83 Å². The van der Waals surface area contributed by atoms with Crippen molar-refractivity contribution >= 4 is 33.3 Å². The van der Waals surface area contributed by atoms with Crippen LogP contribution in [0.15, 0.2) is 40.3 Å². The number of nitriles is 1. The van der Waals surface area contributed by atoms with Crippen LogP contribution in [0.1, 0.15) is 30.2 Å². The zero-order chi connectivity index (χ0) is 18.1. The number of benzene rings is 1. The summed E-state index contributed by atoms with van der Waals surface area (Å²) in [6, 6.07) is 11.8. The van der Waals surface area contributed by atoms with E-state index < -0.39 is 0 Å². The Morgan fingerprint density at radius 3 is 2.96 bits per heavy atom. The lowest BCUT2D eigenvalue weighted by Crippen LogP contribution is -2.22. The normalized spacial score (nSPS) is 16.4. The summed E-state index contributed by atoms with van der Waals surface area (Å²) in [5.41, 5.74) is 2.06. The number of aryl methyl sites for hydroxylation is 1. The quantitative estimate of drug-likeness (QED) is 0.377. The van der Waals surface area contributed by atoms with E-state index in [4.69, 9.17) is 10.2 Å². The van der Waals surface area contributed by atoms with Crippen LogP contribution >= 0.6 is 23.1 Å². The molecule has 1 aromatic carbocycles. The summed E-state index contributed by atoms with van der Waals surface area (Å²) in [5.74, 6) is 1.29. The highest BCUT2D eigenvalue weighted by atomic mass is 32.2. The Morgan fingerprint density at radius 1 is 1.38 bits per heavy atom. The van der Waals surface area contributed by atoms with Gasteiger partial charge in [0.25, 0.3) is 5.56 Å². The van der Waals surface area contributed by atoms with E-state index in [0.717, 1.165) is 35.2 Å². The number of rotatable bonds is 4. The number of nitrogens with zero attached hydrogens (tertiary/aromatic N) is 3. The maximum atomic E-state index is 13.4. The maximum Gasteiger partial charge on any atom is 0.267 e. The highest BCUT2D eigenvalue weighted by molar-refractivity contribution is 7.99. The zero-order valence-corrected chi connectivity index (χ0v) is 16.2. The molecule has 2 heterocycles. The Labute approximate surface area is 160 Å². The van der Waals surface area contributed by atoms with E-state index in [9.17, 15) is 4.79 Å². The molecule has 1 aliphatic carbocycles. The van der Waals surface area contributed by atoms with E-state index in [2.05, 4.69) is 13.0 Å². The van der Waals surface area contributed by atoms with Crippen LogP contribution in [0.2, 0.25) is 0 Å². The summed E-state index contributed by atoms with van der Waals surface area (Å²) in [7, 11) is 0. The molecule has 26 heavy (non-hydrogen) atoms. The Morgan fingerprint density at radius 2 is 2.19 bits per heavy atom. The Bertz CT molecular complexity index is 1050. The molecule has 0 bridgehead atoms. The van der Waals surface area contributed by atoms with Crippen molar-refractivity contribution in [1.82, 2.24) is 9.55 Å². The summed E-state index contributed by atoms with van der Waals surface area (Å²) < 4.78 is 1.72. The molecule has 2 aromatic heterocycles. The fourth-order valence-electron chi connectivity index (χ4n) is 3.46. The van der Waals surface area contributed by atoms with Gasteiger partial charge in [-0.15, -0.1) is 11.3 Å². The molecule has 0 saturated carbocycles. The first-order valence-electron chi connectivity index (χ1n) is 8.81. The second-order valence-corrected chi connectivity index (χ2v) is 8.80. The van der Waals surface area contributed by atoms with E-state index in [1.165, 1.54) is 22.2 Å². The molecule has 0 unspecified atom stereocenters. The number of hydrogen-bond acceptors (Lipinski definition) is 5. The molecule has 0 spiro atoms. The monoisotopic (exact) mass is 381 g/mol. The summed E-state index contributed by atoms with van der Waals surface area (Å²) in [4.78, 5) is 20.5. The van der Waals surface area contributed by atoms with Crippen LogP contribution in [0, 0.1) is 17.2 Å². The summed E-state index contributed by atoms with van der Waals surface area (Å²) in [6.07, 6.45) is 3.56. The molecule has 6 heteroatoms. The van der Waals surface area contributed by atoms with Gasteiger partial charge >= 0.3 is 0 Å². The molecule has 1 aliphatic rings. The molecule has 0 amide bonds. The van der Waals surface area contributed by atoms with Gasteiger partial charge in [0.05, 0.1) is 17.1 Å². The van der Waals surface area contributed by atoms with Crippen LogP contribution in [0.3, 0.4) is 0 Å². The van der Waals surface area contributed by atoms with E-state index >= 15 is 0 Å². The minimum Gasteiger partial charge on any atom is -0.268 e. The molecular formula is C20H19N3OS2. The number of aromatic nitrogens is 2. The highest BCUT2D eigenvalue weighted by Crippen LogP contribution is 2.37. The maximum absolute atomic E-state index is 13.4. The average molecular weight is 382 g/mol. The summed E-state index contributed by atoms with van der Waals surface area (Å²) in [6.45, 7) is 2.27. The van der Waals surface area contributed by atoms with Crippen molar-refractivity contribution in [3.05, 3.63) is 51.1 Å². The van der Waals surface area contributed by atoms with E-state index in [1.807, 2.05) is 30.3 Å². The fraction of sp³-hybridized carbons (Fsp3) is 0.350. The lowest BCUT2D eigenvalue weighted by atomic mass is 9.89. The van der Waals surface area contributed by atoms with Crippen LogP contribution in [0.5, 0.6) is 0 Å². The molecule has 3 aromatic rings. The molecular weight excluding hydrogens is 362 g/mol. The minimum atomic E-state index is 0.0210. The SMILES string of the molecule is C[C@H]1CCc2c(sc3nc(SCCC#N)n(-c4ccccc4)c(=O)c23)C1. The molecule has 0 aliphatic heterocycles. The van der Waals surface area contributed by atoms with Gasteiger partial charge in [-0.3, -0.25) is 9.36 Å². The standard InChI is InChI=1S/C20H19N3OS2/c1-13-8-9-15-16(12-13)26-18-17(15)19(24)23(14-6-3-2-4-7-14)20(22-18)25-11-5-10-21/h2-4,6-7,13H,5,8-9,11-12H2,1H3/t13-/m0/s1. The Hall–Kier alpha value is -2.10. The van der Waals surface area contributed by atoms with E-state index in [1.54, 1.807) is 15.9 Å². The molecule has 4 rings (SSSR count). The zero-order valence-electron chi connectivity index (χ0n) is 14.6. The van der Waals surface area contributed by atoms with Gasteiger partial charge in [-0.1, -0.05) is 36.9 Å². The number of fused-ring (bicyclic) bond motifs is 3. The fourth-order valence-corrected chi connectivity index (χ4v) is 5.74. The average Bonchev–Trinajstić information content (AvgIpc) is 3.00. The Kier molecular flexibility index (Phi) is 4.84. The van der Waals surface area contributed by atoms with Crippen molar-refractivity contribution in [3.8, 4) is 11.8 Å². The first-order chi connectivity index (χ1) is 12.7. The lowest BCUT2D eigenvalue weighted by molar-refractivity contribution is 0.509. The third-order valence-corrected chi connectivity index (χ3v) is 6.85. The highest BCUT2D eigenvalue weighted by Gasteiger charge is 2.25. The molecule has 0 fully saturated rings. The van der Waals surface area contributed by atoms with Crippen molar-refractivity contribution < 1.29 is 0 Å². The van der Waals surface area contributed by atoms with Crippen molar-refractivity contribution in [2.45, 2.75) is 37.8 Å². The van der Waals surface area contributed by atoms with Gasteiger partial charge in [0.15, 0.2) is 5.16 Å². The topological polar surface area (TPSA) is 58.7 Å². The molecule has 4 nitrogen and oxygen atoms in total. The largest absolute Gasteiger partial charge is 0.268 e. The van der Waals surface area contributed by atoms with Crippen LogP contribution in [0.25, 0.3) is 15.9 Å². The number of para-hydroxylation sites is 1. The van der Waals surface area contributed by atoms with Gasteiger partial charge in [-0.05, 0) is 42.9 Å². The van der Waals surface area contributed by atoms with Crippen LogP contribution < -0.4 is 5.56 Å². The second-order valence-electron chi connectivity index (χ2n) is 6.66. The predicted molar refractivity (Wildman–Crippen MR) is 107 cm³/mol. The third kappa shape index (κ3) is 3.06. The van der Waals surface area contributed by atoms with Crippen molar-refractivity contribution in [2.24, 2.45) is 5.92 Å². The Balaban J connectivity index is 1.94. The minimum absolute atomic E-state index is 0.0210. The van der Waals surface area contributed by atoms with Crippen LogP contribution in [-0.4, -0.2) is 15.3 Å². The van der Waals surface area contributed by atoms with Crippen molar-refractivity contribution in [3.63, 3.8) is 0 Å². The van der Waals surface area contributed by atoms with Gasteiger partial charge in [0.2, 0.25) is 0 Å². The van der Waals surface area contributed by atoms with Crippen molar-refractivity contribution in [2.75, 3.05) is 5.75 Å². The van der Waals surface area contributed by atoms with Gasteiger partial charge in [-0.2, -0.15) is 5.26 Å². The van der Waals surface area contributed by atoms with Crippen molar-refractivity contribution in [1.29, 1.82) is 5.26 Å². The molecule has 1 atom stereocenters. The van der Waals surface area contributed by atoms with Crippen LogP contribution in [-0.2, 0) is 12.8 Å². The second kappa shape index (κ2) is 7.26. The molecule has 0 radical (unpaired) electrons. The van der Waals surface area contributed by atoms with E-state index in [0.29, 0.717) is 23.2 Å². The molecule has 0 N–H and O–H groups in total. The summed E-state index contributed by atoms with van der Waals surface area (Å²) >= 11 is 3.15. The first kappa shape index (κ1) is 17.3. The van der Waals surface area contributed by atoms with Gasteiger partial charge in [0, 0.05) is 17.1 Å². The number of hydrogen-bond donors (Lipinski definition) is 0. The van der Waals surface area contributed by atoms with Crippen LogP contribution in [0.4, 0.5) is 0 Å². The van der Waals surface area contributed by atoms with Gasteiger partial charge in [-0.25, -0.2) is 4.98 Å². The van der Waals surface area contributed by atoms with Gasteiger partial charge < -0.3 is 0 Å².